The molecular formula is C30H16B2S4. The molecule has 0 saturated heterocycles. The topological polar surface area (TPSA) is 0 Å². The maximum atomic E-state index is 2.58. The van der Waals surface area contributed by atoms with Crippen LogP contribution in [0.15, 0.2) is 136 Å². The number of rotatable bonds is 0. The molecular weight excluding hydrogens is 510 g/mol. The van der Waals surface area contributed by atoms with Crippen molar-refractivity contribution in [3.05, 3.63) is 97.1 Å². The zero-order valence-corrected chi connectivity index (χ0v) is 22.3. The van der Waals surface area contributed by atoms with Gasteiger partial charge >= 0.3 is 0 Å². The predicted molar refractivity (Wildman–Crippen MR) is 158 cm³/mol. The van der Waals surface area contributed by atoms with E-state index in [4.69, 9.17) is 0 Å². The fourth-order valence-electron chi connectivity index (χ4n) is 6.25. The average Bonchev–Trinajstić information content (AvgIpc) is 2.92. The summed E-state index contributed by atoms with van der Waals surface area (Å²) in [6.07, 6.45) is 0. The van der Waals surface area contributed by atoms with Crippen LogP contribution >= 0.6 is 47.0 Å². The highest BCUT2D eigenvalue weighted by atomic mass is 32.2. The molecule has 0 amide bonds. The summed E-state index contributed by atoms with van der Waals surface area (Å²) in [4.78, 5) is 11.3. The van der Waals surface area contributed by atoms with Gasteiger partial charge in [0.25, 0.3) is 0 Å². The van der Waals surface area contributed by atoms with Gasteiger partial charge in [0.2, 0.25) is 13.4 Å². The Morgan fingerprint density at radius 2 is 0.722 bits per heavy atom. The van der Waals surface area contributed by atoms with E-state index in [-0.39, 0.29) is 0 Å². The van der Waals surface area contributed by atoms with Crippen molar-refractivity contribution >= 4 is 93.2 Å². The lowest BCUT2D eigenvalue weighted by Crippen LogP contribution is -2.62. The van der Waals surface area contributed by atoms with Gasteiger partial charge in [-0.3, -0.25) is 0 Å². The van der Waals surface area contributed by atoms with Crippen LogP contribution < -0.4 is 32.8 Å². The van der Waals surface area contributed by atoms with Gasteiger partial charge < -0.3 is 0 Å². The van der Waals surface area contributed by atoms with E-state index in [9.17, 15) is 0 Å². The molecule has 9 rings (SSSR count). The van der Waals surface area contributed by atoms with Crippen molar-refractivity contribution in [2.75, 3.05) is 0 Å². The Morgan fingerprint density at radius 1 is 0.333 bits per heavy atom. The number of hydrogen-bond acceptors (Lipinski definition) is 4. The normalized spacial score (nSPS) is 15.2. The molecule has 4 aliphatic heterocycles. The molecule has 0 unspecified atom stereocenters. The summed E-state index contributed by atoms with van der Waals surface area (Å²) < 4.78 is 0. The van der Waals surface area contributed by atoms with E-state index in [2.05, 4.69) is 97.1 Å². The van der Waals surface area contributed by atoms with Crippen LogP contribution in [0.3, 0.4) is 0 Å². The summed E-state index contributed by atoms with van der Waals surface area (Å²) in [6, 6.07) is 36.8. The Bertz CT molecular complexity index is 1650. The van der Waals surface area contributed by atoms with E-state index in [1.165, 1.54) is 71.9 Å². The highest BCUT2D eigenvalue weighted by Gasteiger charge is 2.42. The Hall–Kier alpha value is -2.37. The quantitative estimate of drug-likeness (QED) is 0.266. The molecule has 0 radical (unpaired) electrons. The Kier molecular flexibility index (Phi) is 4.35. The van der Waals surface area contributed by atoms with Gasteiger partial charge in [0, 0.05) is 39.2 Å². The molecule has 0 N–H and O–H groups in total. The zero-order valence-electron chi connectivity index (χ0n) is 19.0. The van der Waals surface area contributed by atoms with Gasteiger partial charge in [-0.25, -0.2) is 0 Å². The third-order valence-corrected chi connectivity index (χ3v) is 12.4. The van der Waals surface area contributed by atoms with Crippen molar-refractivity contribution in [3.63, 3.8) is 0 Å². The number of benzene rings is 5. The molecule has 0 spiro atoms. The van der Waals surface area contributed by atoms with E-state index in [0.717, 1.165) is 0 Å². The van der Waals surface area contributed by atoms with Crippen molar-refractivity contribution in [2.45, 2.75) is 39.2 Å². The summed E-state index contributed by atoms with van der Waals surface area (Å²) in [5, 5.41) is 0. The van der Waals surface area contributed by atoms with Gasteiger partial charge in [-0.15, -0.1) is 0 Å². The lowest BCUT2D eigenvalue weighted by atomic mass is 9.33. The predicted octanol–water partition coefficient (Wildman–Crippen LogP) is 4.58. The second-order valence-corrected chi connectivity index (χ2v) is 13.9. The molecule has 0 atom stereocenters. The standard InChI is InChI=1S/C30H16B2S4/c1-3-9-21-17(7-1)31-19-15-20-28(16-27(19)35-25-13-5-11-23(33-21)29(25)31)36-26-14-6-12-24-30(26)32(20)18-8-2-4-10-22(18)34-24/h1-16H. The summed E-state index contributed by atoms with van der Waals surface area (Å²) in [6.45, 7) is 0.593. The first-order valence-electron chi connectivity index (χ1n) is 12.2. The van der Waals surface area contributed by atoms with Crippen LogP contribution in [0.1, 0.15) is 0 Å². The van der Waals surface area contributed by atoms with E-state index in [0.29, 0.717) is 13.4 Å². The van der Waals surface area contributed by atoms with Crippen LogP contribution in [0.5, 0.6) is 0 Å². The Balaban J connectivity index is 1.33. The van der Waals surface area contributed by atoms with Gasteiger partial charge in [0.15, 0.2) is 0 Å². The SMILES string of the molecule is c1ccc2c(c1)Sc1cccc3c1B2c1cc2c(cc1S3)Sc1cccc3c1B2c1ccccc1S3. The molecule has 5 aromatic carbocycles. The van der Waals surface area contributed by atoms with Crippen LogP contribution in [0.2, 0.25) is 0 Å². The van der Waals surface area contributed by atoms with E-state index in [1.54, 1.807) is 0 Å². The first-order chi connectivity index (χ1) is 17.8. The molecule has 4 aliphatic rings. The largest absolute Gasteiger partial charge is 0.247 e. The Labute approximate surface area is 228 Å². The smallest absolute Gasteiger partial charge is 0.0911 e. The van der Waals surface area contributed by atoms with Crippen LogP contribution in [-0.4, -0.2) is 13.4 Å². The van der Waals surface area contributed by atoms with Gasteiger partial charge in [-0.2, -0.15) is 0 Å². The first-order valence-corrected chi connectivity index (χ1v) is 15.4. The van der Waals surface area contributed by atoms with Crippen molar-refractivity contribution in [3.8, 4) is 0 Å². The molecule has 6 heteroatoms. The molecule has 5 aromatic rings. The first kappa shape index (κ1) is 20.7. The lowest BCUT2D eigenvalue weighted by molar-refractivity contribution is 1.29. The second kappa shape index (κ2) is 7.58. The third kappa shape index (κ3) is 2.76. The van der Waals surface area contributed by atoms with Crippen LogP contribution in [-0.2, 0) is 0 Å². The maximum absolute atomic E-state index is 2.58. The highest BCUT2D eigenvalue weighted by molar-refractivity contribution is 8.02. The zero-order chi connectivity index (χ0) is 23.4. The van der Waals surface area contributed by atoms with Crippen molar-refractivity contribution in [1.82, 2.24) is 0 Å². The molecule has 166 valence electrons. The van der Waals surface area contributed by atoms with Crippen molar-refractivity contribution in [1.29, 1.82) is 0 Å². The molecule has 36 heavy (non-hydrogen) atoms. The van der Waals surface area contributed by atoms with E-state index < -0.39 is 0 Å². The molecule has 0 fully saturated rings. The van der Waals surface area contributed by atoms with Crippen LogP contribution in [0, 0.1) is 0 Å². The molecule has 0 saturated carbocycles. The summed E-state index contributed by atoms with van der Waals surface area (Å²) in [5.41, 5.74) is 8.86. The van der Waals surface area contributed by atoms with Crippen molar-refractivity contribution < 1.29 is 0 Å². The number of hydrogen-bond donors (Lipinski definition) is 0. The third-order valence-electron chi connectivity index (χ3n) is 7.73. The molecule has 0 aromatic heterocycles. The van der Waals surface area contributed by atoms with Crippen LogP contribution in [0.4, 0.5) is 0 Å². The van der Waals surface area contributed by atoms with Gasteiger partial charge in [-0.05, 0) is 53.4 Å². The van der Waals surface area contributed by atoms with Crippen molar-refractivity contribution in [2.24, 2.45) is 0 Å². The molecule has 0 bridgehead atoms. The molecule has 4 heterocycles. The molecule has 0 nitrogen and oxygen atoms in total. The summed E-state index contributed by atoms with van der Waals surface area (Å²) in [7, 11) is 0. The summed E-state index contributed by atoms with van der Waals surface area (Å²) >= 11 is 7.78. The van der Waals surface area contributed by atoms with E-state index >= 15 is 0 Å². The maximum Gasteiger partial charge on any atom is 0.247 e. The number of fused-ring (bicyclic) bond motifs is 8. The Morgan fingerprint density at radius 3 is 1.19 bits per heavy atom. The fourth-order valence-corrected chi connectivity index (χ4v) is 11.2. The summed E-state index contributed by atoms with van der Waals surface area (Å²) in [5.74, 6) is 0. The highest BCUT2D eigenvalue weighted by Crippen LogP contribution is 2.42. The fraction of sp³-hybridized carbons (Fsp3) is 0. The van der Waals surface area contributed by atoms with Gasteiger partial charge in [0.1, 0.15) is 0 Å². The lowest BCUT2D eigenvalue weighted by Gasteiger charge is -2.36. The minimum atomic E-state index is 0.296. The van der Waals surface area contributed by atoms with Gasteiger partial charge in [0.05, 0.1) is 0 Å². The molecule has 0 aliphatic carbocycles. The van der Waals surface area contributed by atoms with Gasteiger partial charge in [-0.1, -0.05) is 123 Å². The second-order valence-electron chi connectivity index (χ2n) is 9.61. The monoisotopic (exact) mass is 526 g/mol. The minimum Gasteiger partial charge on any atom is -0.0911 e. The van der Waals surface area contributed by atoms with Crippen LogP contribution in [0.25, 0.3) is 0 Å². The average molecular weight is 526 g/mol. The minimum absolute atomic E-state index is 0.296. The van der Waals surface area contributed by atoms with E-state index in [1.807, 2.05) is 47.0 Å².